The third kappa shape index (κ3) is 6.50. The highest BCUT2D eigenvalue weighted by molar-refractivity contribution is 6.04. The van der Waals surface area contributed by atoms with E-state index in [1.54, 1.807) is 12.1 Å². The molecule has 2 aliphatic heterocycles. The Morgan fingerprint density at radius 2 is 1.51 bits per heavy atom. The van der Waals surface area contributed by atoms with Crippen molar-refractivity contribution in [2.45, 2.75) is 44.7 Å². The maximum absolute atomic E-state index is 12.8. The predicted molar refractivity (Wildman–Crippen MR) is 141 cm³/mol. The second kappa shape index (κ2) is 11.5. The lowest BCUT2D eigenvalue weighted by atomic mass is 9.99. The van der Waals surface area contributed by atoms with Crippen LogP contribution in [0.5, 0.6) is 11.5 Å². The van der Waals surface area contributed by atoms with Gasteiger partial charge in [-0.25, -0.2) is 0 Å². The first-order valence-corrected chi connectivity index (χ1v) is 12.9. The van der Waals surface area contributed by atoms with Crippen LogP contribution in [0.3, 0.4) is 0 Å². The van der Waals surface area contributed by atoms with Crippen LogP contribution in [0.25, 0.3) is 0 Å². The fourth-order valence-corrected chi connectivity index (χ4v) is 5.23. The molecule has 2 aliphatic rings. The van der Waals surface area contributed by atoms with Gasteiger partial charge in [-0.15, -0.1) is 0 Å². The number of hydrogen-bond acceptors (Lipinski definition) is 4. The van der Waals surface area contributed by atoms with E-state index in [0.717, 1.165) is 37.1 Å². The quantitative estimate of drug-likeness (QED) is 0.449. The largest absolute Gasteiger partial charge is 0.457 e. The number of para-hydroxylation sites is 1. The third-order valence-electron chi connectivity index (χ3n) is 7.15. The predicted octanol–water partition coefficient (Wildman–Crippen LogP) is 6.18. The molecule has 0 atom stereocenters. The van der Waals surface area contributed by atoms with E-state index in [2.05, 4.69) is 27.2 Å². The minimum atomic E-state index is -0.115. The van der Waals surface area contributed by atoms with Crippen molar-refractivity contribution in [3.63, 3.8) is 0 Å². The van der Waals surface area contributed by atoms with Gasteiger partial charge in [-0.3, -0.25) is 9.69 Å². The summed E-state index contributed by atoms with van der Waals surface area (Å²) in [5.74, 6) is 1.37. The molecule has 0 spiro atoms. The van der Waals surface area contributed by atoms with E-state index in [9.17, 15) is 4.79 Å². The van der Waals surface area contributed by atoms with E-state index in [1.165, 1.54) is 50.8 Å². The van der Waals surface area contributed by atoms with Gasteiger partial charge in [0.25, 0.3) is 5.91 Å². The summed E-state index contributed by atoms with van der Waals surface area (Å²) >= 11 is 0. The average molecular weight is 470 g/mol. The number of carbonyl (C=O) groups excluding carboxylic acids is 1. The van der Waals surface area contributed by atoms with E-state index >= 15 is 0 Å². The van der Waals surface area contributed by atoms with Crippen molar-refractivity contribution in [2.24, 2.45) is 0 Å². The van der Waals surface area contributed by atoms with Gasteiger partial charge in [-0.05, 0) is 106 Å². The van der Waals surface area contributed by atoms with Gasteiger partial charge in [0.2, 0.25) is 0 Å². The Morgan fingerprint density at radius 3 is 2.26 bits per heavy atom. The molecule has 1 amide bonds. The molecule has 0 saturated carbocycles. The highest BCUT2D eigenvalue weighted by Gasteiger charge is 2.25. The molecular weight excluding hydrogens is 434 g/mol. The van der Waals surface area contributed by atoms with Crippen molar-refractivity contribution in [1.82, 2.24) is 9.80 Å². The molecule has 2 heterocycles. The summed E-state index contributed by atoms with van der Waals surface area (Å²) < 4.78 is 5.82. The molecule has 5 nitrogen and oxygen atoms in total. The summed E-state index contributed by atoms with van der Waals surface area (Å²) in [6, 6.07) is 25.9. The van der Waals surface area contributed by atoms with Crippen LogP contribution in [-0.4, -0.2) is 47.9 Å². The molecule has 5 rings (SSSR count). The van der Waals surface area contributed by atoms with E-state index in [4.69, 9.17) is 4.74 Å². The van der Waals surface area contributed by atoms with Crippen LogP contribution in [-0.2, 0) is 6.54 Å². The van der Waals surface area contributed by atoms with Crippen molar-refractivity contribution < 1.29 is 9.53 Å². The zero-order chi connectivity index (χ0) is 23.9. The molecule has 0 aromatic heterocycles. The Balaban J connectivity index is 1.12. The van der Waals surface area contributed by atoms with Crippen LogP contribution >= 0.6 is 0 Å². The van der Waals surface area contributed by atoms with Crippen LogP contribution in [0.4, 0.5) is 5.69 Å². The van der Waals surface area contributed by atoms with Crippen molar-refractivity contribution in [1.29, 1.82) is 0 Å². The van der Waals surface area contributed by atoms with Gasteiger partial charge in [0.05, 0.1) is 0 Å². The number of hydrogen-bond donors (Lipinski definition) is 1. The molecule has 1 N–H and O–H groups in total. The number of anilines is 1. The van der Waals surface area contributed by atoms with Crippen molar-refractivity contribution in [3.8, 4) is 11.5 Å². The van der Waals surface area contributed by atoms with Gasteiger partial charge < -0.3 is 15.0 Å². The van der Waals surface area contributed by atoms with Gasteiger partial charge in [-0.1, -0.05) is 36.8 Å². The van der Waals surface area contributed by atoms with E-state index in [0.29, 0.717) is 11.3 Å². The standard InChI is InChI=1S/C30H35N3O2/c34-30(25-12-14-29(15-13-25)35-28-10-3-1-4-11-28)31-26-9-7-8-24(22-26)23-32-20-16-27(17-21-32)33-18-5-2-6-19-33/h1,3-4,7-15,22,27H,2,5-6,16-21,23H2,(H,31,34). The van der Waals surface area contributed by atoms with Crippen LogP contribution in [0.1, 0.15) is 48.0 Å². The summed E-state index contributed by atoms with van der Waals surface area (Å²) in [7, 11) is 0. The molecule has 182 valence electrons. The first-order valence-electron chi connectivity index (χ1n) is 12.9. The second-order valence-electron chi connectivity index (χ2n) is 9.70. The Hall–Kier alpha value is -3.15. The van der Waals surface area contributed by atoms with E-state index < -0.39 is 0 Å². The number of carbonyl (C=O) groups is 1. The average Bonchev–Trinajstić information content (AvgIpc) is 2.91. The Bertz CT molecular complexity index is 1090. The first kappa shape index (κ1) is 23.6. The highest BCUT2D eigenvalue weighted by Crippen LogP contribution is 2.24. The molecule has 35 heavy (non-hydrogen) atoms. The highest BCUT2D eigenvalue weighted by atomic mass is 16.5. The van der Waals surface area contributed by atoms with Crippen LogP contribution in [0, 0.1) is 0 Å². The Kier molecular flexibility index (Phi) is 7.76. The maximum atomic E-state index is 12.8. The smallest absolute Gasteiger partial charge is 0.255 e. The first-order chi connectivity index (χ1) is 17.2. The zero-order valence-electron chi connectivity index (χ0n) is 20.4. The minimum Gasteiger partial charge on any atom is -0.457 e. The van der Waals surface area contributed by atoms with Crippen molar-refractivity contribution in [3.05, 3.63) is 90.0 Å². The monoisotopic (exact) mass is 469 g/mol. The lowest BCUT2D eigenvalue weighted by Crippen LogP contribution is -2.46. The summed E-state index contributed by atoms with van der Waals surface area (Å²) in [6.45, 7) is 5.80. The van der Waals surface area contributed by atoms with Gasteiger partial charge >= 0.3 is 0 Å². The van der Waals surface area contributed by atoms with Crippen molar-refractivity contribution in [2.75, 3.05) is 31.5 Å². The number of likely N-dealkylation sites (tertiary alicyclic amines) is 2. The number of piperidine rings is 2. The van der Waals surface area contributed by atoms with E-state index in [1.807, 2.05) is 54.6 Å². The molecule has 0 aliphatic carbocycles. The lowest BCUT2D eigenvalue weighted by molar-refractivity contribution is 0.0896. The summed E-state index contributed by atoms with van der Waals surface area (Å²) in [5.41, 5.74) is 2.68. The van der Waals surface area contributed by atoms with Gasteiger partial charge in [0.1, 0.15) is 11.5 Å². The topological polar surface area (TPSA) is 44.8 Å². The molecule has 2 fully saturated rings. The summed E-state index contributed by atoms with van der Waals surface area (Å²) in [5, 5.41) is 3.05. The number of nitrogens with zero attached hydrogens (tertiary/aromatic N) is 2. The number of nitrogens with one attached hydrogen (secondary N) is 1. The summed E-state index contributed by atoms with van der Waals surface area (Å²) in [6.07, 6.45) is 6.66. The molecular formula is C30H35N3O2. The Labute approximate surface area is 208 Å². The zero-order valence-corrected chi connectivity index (χ0v) is 20.4. The summed E-state index contributed by atoms with van der Waals surface area (Å²) in [4.78, 5) is 18.1. The fourth-order valence-electron chi connectivity index (χ4n) is 5.23. The lowest BCUT2D eigenvalue weighted by Gasteiger charge is -2.40. The number of benzene rings is 3. The maximum Gasteiger partial charge on any atom is 0.255 e. The minimum absolute atomic E-state index is 0.115. The molecule has 2 saturated heterocycles. The van der Waals surface area contributed by atoms with Crippen molar-refractivity contribution >= 4 is 11.6 Å². The third-order valence-corrected chi connectivity index (χ3v) is 7.15. The Morgan fingerprint density at radius 1 is 0.800 bits per heavy atom. The van der Waals surface area contributed by atoms with Gasteiger partial charge in [0.15, 0.2) is 0 Å². The van der Waals surface area contributed by atoms with Crippen LogP contribution < -0.4 is 10.1 Å². The molecule has 3 aromatic rings. The number of ether oxygens (including phenoxy) is 1. The van der Waals surface area contributed by atoms with Crippen LogP contribution in [0.15, 0.2) is 78.9 Å². The molecule has 0 radical (unpaired) electrons. The molecule has 5 heteroatoms. The van der Waals surface area contributed by atoms with Gasteiger partial charge in [-0.2, -0.15) is 0 Å². The second-order valence-corrected chi connectivity index (χ2v) is 9.70. The molecule has 0 bridgehead atoms. The molecule has 0 unspecified atom stereocenters. The normalized spacial score (nSPS) is 17.7. The molecule has 3 aromatic carbocycles. The number of amides is 1. The van der Waals surface area contributed by atoms with Gasteiger partial charge in [0, 0.05) is 23.8 Å². The van der Waals surface area contributed by atoms with Crippen LogP contribution in [0.2, 0.25) is 0 Å². The van der Waals surface area contributed by atoms with E-state index in [-0.39, 0.29) is 5.91 Å². The SMILES string of the molecule is O=C(Nc1cccc(CN2CCC(N3CCCCC3)CC2)c1)c1ccc(Oc2ccccc2)cc1. The fraction of sp³-hybridized carbons (Fsp3) is 0.367. The number of rotatable bonds is 7.